The Balaban J connectivity index is 1.93. The summed E-state index contributed by atoms with van der Waals surface area (Å²) < 4.78 is 18.4. The molecule has 2 aromatic rings. The van der Waals surface area contributed by atoms with Gasteiger partial charge in [-0.25, -0.2) is 9.18 Å². The standard InChI is InChI=1S/C18H18FNO2/c1-13(14-5-3-2-4-6-14)20-11-12-22-18(21)17(20)15-7-9-16(19)10-8-15/h2-10,13,17H,11-12H2,1H3/t13-,17-/m1/s1. The zero-order valence-corrected chi connectivity index (χ0v) is 12.4. The molecule has 1 saturated heterocycles. The van der Waals surface area contributed by atoms with Crippen molar-refractivity contribution in [2.24, 2.45) is 0 Å². The van der Waals surface area contributed by atoms with Gasteiger partial charge in [-0.1, -0.05) is 42.5 Å². The number of halogens is 1. The summed E-state index contributed by atoms with van der Waals surface area (Å²) in [6, 6.07) is 15.7. The van der Waals surface area contributed by atoms with E-state index in [0.29, 0.717) is 13.2 Å². The molecule has 22 heavy (non-hydrogen) atoms. The fourth-order valence-electron chi connectivity index (χ4n) is 2.91. The van der Waals surface area contributed by atoms with Gasteiger partial charge < -0.3 is 4.74 Å². The van der Waals surface area contributed by atoms with Crippen molar-refractivity contribution in [3.63, 3.8) is 0 Å². The number of esters is 1. The number of cyclic esters (lactones) is 1. The maximum absolute atomic E-state index is 13.1. The van der Waals surface area contributed by atoms with Crippen molar-refractivity contribution in [3.05, 3.63) is 71.5 Å². The highest BCUT2D eigenvalue weighted by atomic mass is 19.1. The van der Waals surface area contributed by atoms with Crippen molar-refractivity contribution in [2.75, 3.05) is 13.2 Å². The lowest BCUT2D eigenvalue weighted by Crippen LogP contribution is -2.44. The molecule has 0 spiro atoms. The second-order valence-electron chi connectivity index (χ2n) is 5.45. The molecule has 1 fully saturated rings. The lowest BCUT2D eigenvalue weighted by Gasteiger charge is -2.38. The average Bonchev–Trinajstić information content (AvgIpc) is 2.56. The smallest absolute Gasteiger partial charge is 0.328 e. The minimum Gasteiger partial charge on any atom is -0.463 e. The molecule has 2 aromatic carbocycles. The maximum Gasteiger partial charge on any atom is 0.328 e. The first-order chi connectivity index (χ1) is 10.7. The van der Waals surface area contributed by atoms with Crippen molar-refractivity contribution in [3.8, 4) is 0 Å². The van der Waals surface area contributed by atoms with Crippen LogP contribution in [0.15, 0.2) is 54.6 Å². The first-order valence-corrected chi connectivity index (χ1v) is 7.39. The molecule has 0 aromatic heterocycles. The van der Waals surface area contributed by atoms with Crippen LogP contribution in [-0.2, 0) is 9.53 Å². The molecule has 114 valence electrons. The van der Waals surface area contributed by atoms with E-state index < -0.39 is 6.04 Å². The summed E-state index contributed by atoms with van der Waals surface area (Å²) in [5.74, 6) is -0.587. The molecule has 0 saturated carbocycles. The number of hydrogen-bond acceptors (Lipinski definition) is 3. The van der Waals surface area contributed by atoms with Crippen molar-refractivity contribution < 1.29 is 13.9 Å². The Morgan fingerprint density at radius 2 is 1.82 bits per heavy atom. The average molecular weight is 299 g/mol. The van der Waals surface area contributed by atoms with Crippen LogP contribution in [0.3, 0.4) is 0 Å². The van der Waals surface area contributed by atoms with E-state index >= 15 is 0 Å². The lowest BCUT2D eigenvalue weighted by molar-refractivity contribution is -0.159. The van der Waals surface area contributed by atoms with Gasteiger partial charge in [-0.05, 0) is 30.2 Å². The van der Waals surface area contributed by atoms with Crippen LogP contribution < -0.4 is 0 Å². The van der Waals surface area contributed by atoms with E-state index in [4.69, 9.17) is 4.74 Å². The number of hydrogen-bond donors (Lipinski definition) is 0. The van der Waals surface area contributed by atoms with Gasteiger partial charge in [0.25, 0.3) is 0 Å². The predicted octanol–water partition coefficient (Wildman–Crippen LogP) is 3.49. The molecule has 0 aliphatic carbocycles. The molecular formula is C18H18FNO2. The van der Waals surface area contributed by atoms with Crippen LogP contribution in [-0.4, -0.2) is 24.0 Å². The highest BCUT2D eigenvalue weighted by Crippen LogP contribution is 2.33. The van der Waals surface area contributed by atoms with E-state index in [1.807, 2.05) is 30.3 Å². The lowest BCUT2D eigenvalue weighted by atomic mass is 9.99. The zero-order chi connectivity index (χ0) is 15.5. The maximum atomic E-state index is 13.1. The fraction of sp³-hybridized carbons (Fsp3) is 0.278. The van der Waals surface area contributed by atoms with Gasteiger partial charge >= 0.3 is 5.97 Å². The van der Waals surface area contributed by atoms with Crippen molar-refractivity contribution >= 4 is 5.97 Å². The highest BCUT2D eigenvalue weighted by molar-refractivity contribution is 5.78. The van der Waals surface area contributed by atoms with Gasteiger partial charge in [0.15, 0.2) is 0 Å². The van der Waals surface area contributed by atoms with Crippen molar-refractivity contribution in [1.82, 2.24) is 4.90 Å². The second-order valence-corrected chi connectivity index (χ2v) is 5.45. The molecule has 3 rings (SSSR count). The SMILES string of the molecule is C[C@H](c1ccccc1)N1CCOC(=O)[C@H]1c1ccc(F)cc1. The molecule has 3 nitrogen and oxygen atoms in total. The summed E-state index contributed by atoms with van der Waals surface area (Å²) in [5.41, 5.74) is 1.90. The number of benzene rings is 2. The molecule has 0 radical (unpaired) electrons. The zero-order valence-electron chi connectivity index (χ0n) is 12.4. The number of morpholine rings is 1. The molecule has 1 heterocycles. The minimum atomic E-state index is -0.496. The number of rotatable bonds is 3. The van der Waals surface area contributed by atoms with Gasteiger partial charge in [-0.2, -0.15) is 0 Å². The summed E-state index contributed by atoms with van der Waals surface area (Å²) in [6.07, 6.45) is 0. The first kappa shape index (κ1) is 14.7. The molecule has 2 atom stereocenters. The third kappa shape index (κ3) is 2.88. The molecule has 1 aliphatic heterocycles. The van der Waals surface area contributed by atoms with Crippen molar-refractivity contribution in [2.45, 2.75) is 19.0 Å². The molecule has 0 bridgehead atoms. The van der Waals surface area contributed by atoms with Crippen LogP contribution in [0.5, 0.6) is 0 Å². The minimum absolute atomic E-state index is 0.0732. The first-order valence-electron chi connectivity index (χ1n) is 7.39. The van der Waals surface area contributed by atoms with Crippen molar-refractivity contribution in [1.29, 1.82) is 0 Å². The van der Waals surface area contributed by atoms with E-state index in [-0.39, 0.29) is 17.8 Å². The van der Waals surface area contributed by atoms with Gasteiger partial charge in [0.05, 0.1) is 0 Å². The normalized spacial score (nSPS) is 20.5. The summed E-state index contributed by atoms with van der Waals surface area (Å²) in [7, 11) is 0. The van der Waals surface area contributed by atoms with E-state index in [2.05, 4.69) is 11.8 Å². The van der Waals surface area contributed by atoms with Gasteiger partial charge in [-0.3, -0.25) is 4.90 Å². The molecule has 0 amide bonds. The number of nitrogens with zero attached hydrogens (tertiary/aromatic N) is 1. The van der Waals surface area contributed by atoms with E-state index in [1.165, 1.54) is 12.1 Å². The third-order valence-electron chi connectivity index (χ3n) is 4.11. The Labute approximate surface area is 129 Å². The Hall–Kier alpha value is -2.20. The molecule has 0 N–H and O–H groups in total. The molecule has 0 unspecified atom stereocenters. The van der Waals surface area contributed by atoms with Gasteiger partial charge in [-0.15, -0.1) is 0 Å². The Bertz CT molecular complexity index is 642. The highest BCUT2D eigenvalue weighted by Gasteiger charge is 2.36. The Kier molecular flexibility index (Phi) is 4.20. The largest absolute Gasteiger partial charge is 0.463 e. The summed E-state index contributed by atoms with van der Waals surface area (Å²) in [4.78, 5) is 14.4. The van der Waals surface area contributed by atoms with Crippen LogP contribution in [0, 0.1) is 5.82 Å². The Morgan fingerprint density at radius 3 is 2.50 bits per heavy atom. The van der Waals surface area contributed by atoms with Crippen LogP contribution in [0.4, 0.5) is 4.39 Å². The van der Waals surface area contributed by atoms with Gasteiger partial charge in [0.1, 0.15) is 18.5 Å². The Morgan fingerprint density at radius 1 is 1.14 bits per heavy atom. The monoisotopic (exact) mass is 299 g/mol. The van der Waals surface area contributed by atoms with Crippen LogP contribution in [0.1, 0.15) is 30.1 Å². The van der Waals surface area contributed by atoms with Gasteiger partial charge in [0, 0.05) is 12.6 Å². The molecule has 4 heteroatoms. The third-order valence-corrected chi connectivity index (χ3v) is 4.11. The van der Waals surface area contributed by atoms with E-state index in [9.17, 15) is 9.18 Å². The molecule has 1 aliphatic rings. The topological polar surface area (TPSA) is 29.5 Å². The van der Waals surface area contributed by atoms with E-state index in [1.54, 1.807) is 12.1 Å². The molecular weight excluding hydrogens is 281 g/mol. The summed E-state index contributed by atoms with van der Waals surface area (Å²) >= 11 is 0. The number of ether oxygens (including phenoxy) is 1. The summed E-state index contributed by atoms with van der Waals surface area (Å²) in [6.45, 7) is 3.11. The predicted molar refractivity (Wildman–Crippen MR) is 81.7 cm³/mol. The van der Waals surface area contributed by atoms with E-state index in [0.717, 1.165) is 11.1 Å². The van der Waals surface area contributed by atoms with Crippen LogP contribution >= 0.6 is 0 Å². The van der Waals surface area contributed by atoms with Crippen LogP contribution in [0.25, 0.3) is 0 Å². The number of carbonyl (C=O) groups is 1. The fourth-order valence-corrected chi connectivity index (χ4v) is 2.91. The van der Waals surface area contributed by atoms with Gasteiger partial charge in [0.2, 0.25) is 0 Å². The number of carbonyl (C=O) groups excluding carboxylic acids is 1. The second kappa shape index (κ2) is 6.28. The van der Waals surface area contributed by atoms with Crippen LogP contribution in [0.2, 0.25) is 0 Å². The quantitative estimate of drug-likeness (QED) is 0.813. The summed E-state index contributed by atoms with van der Waals surface area (Å²) in [5, 5.41) is 0.